The molecule has 3 N–H and O–H groups in total. The van der Waals surface area contributed by atoms with Crippen LogP contribution >= 0.6 is 24.8 Å². The number of aromatic nitrogens is 2. The lowest BCUT2D eigenvalue weighted by Gasteiger charge is -2.09. The molecule has 122 valence electrons. The average molecular weight is 345 g/mol. The Balaban J connectivity index is 0.00000220. The van der Waals surface area contributed by atoms with E-state index in [1.807, 2.05) is 43.3 Å². The molecule has 0 aliphatic rings. The Morgan fingerprint density at radius 3 is 2.36 bits per heavy atom. The summed E-state index contributed by atoms with van der Waals surface area (Å²) in [4.78, 5) is 0. The fourth-order valence-corrected chi connectivity index (χ4v) is 1.88. The first kappa shape index (κ1) is 20.6. The fraction of sp³-hybridized carbons (Fsp3) is 0.333. The molecule has 0 saturated carbocycles. The largest absolute Gasteiger partial charge is 0.395 e. The predicted molar refractivity (Wildman–Crippen MR) is 95.1 cm³/mol. The van der Waals surface area contributed by atoms with Crippen molar-refractivity contribution in [3.8, 4) is 11.3 Å². The molecule has 1 aromatic heterocycles. The van der Waals surface area contributed by atoms with Gasteiger partial charge in [0, 0.05) is 25.2 Å². The molecule has 0 radical (unpaired) electrons. The smallest absolute Gasteiger partial charge is 0.151 e. The number of aryl methyl sites for hydroxylation is 1. The van der Waals surface area contributed by atoms with Crippen molar-refractivity contribution in [2.45, 2.75) is 6.92 Å². The molecular weight excluding hydrogens is 323 g/mol. The van der Waals surface area contributed by atoms with Crippen LogP contribution in [-0.4, -0.2) is 41.5 Å². The maximum Gasteiger partial charge on any atom is 0.151 e. The summed E-state index contributed by atoms with van der Waals surface area (Å²) in [6.45, 7) is 4.32. The number of benzene rings is 1. The molecule has 7 heteroatoms. The molecule has 22 heavy (non-hydrogen) atoms. The van der Waals surface area contributed by atoms with Crippen molar-refractivity contribution < 1.29 is 5.11 Å². The molecule has 5 nitrogen and oxygen atoms in total. The SMILES string of the molecule is Cc1cc(-c2ccccc2)nnc1NCCNCCO.Cl.Cl. The van der Waals surface area contributed by atoms with Crippen LogP contribution in [0.2, 0.25) is 0 Å². The molecule has 0 aliphatic carbocycles. The van der Waals surface area contributed by atoms with Gasteiger partial charge in [0.25, 0.3) is 0 Å². The molecule has 0 unspecified atom stereocenters. The molecule has 0 bridgehead atoms. The minimum absolute atomic E-state index is 0. The zero-order chi connectivity index (χ0) is 14.2. The Morgan fingerprint density at radius 2 is 1.73 bits per heavy atom. The van der Waals surface area contributed by atoms with Crippen molar-refractivity contribution in [2.75, 3.05) is 31.6 Å². The van der Waals surface area contributed by atoms with E-state index in [1.165, 1.54) is 0 Å². The monoisotopic (exact) mass is 344 g/mol. The Kier molecular flexibility index (Phi) is 10.5. The molecule has 0 atom stereocenters. The number of nitrogens with zero attached hydrogens (tertiary/aromatic N) is 2. The lowest BCUT2D eigenvalue weighted by atomic mass is 10.1. The highest BCUT2D eigenvalue weighted by atomic mass is 35.5. The van der Waals surface area contributed by atoms with Gasteiger partial charge in [0.15, 0.2) is 5.82 Å². The third kappa shape index (κ3) is 6.15. The highest BCUT2D eigenvalue weighted by Crippen LogP contribution is 2.19. The molecular formula is C15H22Cl2N4O. The summed E-state index contributed by atoms with van der Waals surface area (Å²) < 4.78 is 0. The topological polar surface area (TPSA) is 70.1 Å². The van der Waals surface area contributed by atoms with Gasteiger partial charge in [-0.25, -0.2) is 0 Å². The molecule has 1 aromatic carbocycles. The number of aliphatic hydroxyl groups excluding tert-OH is 1. The maximum atomic E-state index is 8.66. The van der Waals surface area contributed by atoms with E-state index in [-0.39, 0.29) is 31.4 Å². The summed E-state index contributed by atoms with van der Waals surface area (Å²) in [5.41, 5.74) is 3.02. The zero-order valence-corrected chi connectivity index (χ0v) is 14.1. The number of hydrogen-bond acceptors (Lipinski definition) is 5. The molecule has 1 heterocycles. The second-order valence-corrected chi connectivity index (χ2v) is 4.53. The Morgan fingerprint density at radius 1 is 1.00 bits per heavy atom. The molecule has 2 rings (SSSR count). The van der Waals surface area contributed by atoms with Gasteiger partial charge in [-0.2, -0.15) is 0 Å². The number of aliphatic hydroxyl groups is 1. The van der Waals surface area contributed by atoms with Crippen LogP contribution in [0.4, 0.5) is 5.82 Å². The maximum absolute atomic E-state index is 8.66. The first-order valence-corrected chi connectivity index (χ1v) is 6.76. The van der Waals surface area contributed by atoms with E-state index in [0.717, 1.165) is 35.7 Å². The van der Waals surface area contributed by atoms with E-state index in [4.69, 9.17) is 5.11 Å². The summed E-state index contributed by atoms with van der Waals surface area (Å²) in [6, 6.07) is 12.0. The Labute approximate surface area is 143 Å². The predicted octanol–water partition coefficient (Wildman–Crippen LogP) is 2.29. The number of nitrogens with one attached hydrogen (secondary N) is 2. The van der Waals surface area contributed by atoms with Crippen molar-refractivity contribution in [1.29, 1.82) is 0 Å². The van der Waals surface area contributed by atoms with Crippen LogP contribution in [0.5, 0.6) is 0 Å². The standard InChI is InChI=1S/C15H20N4O.2ClH/c1-12-11-14(13-5-3-2-4-6-13)18-19-15(12)17-8-7-16-9-10-20;;/h2-6,11,16,20H,7-10H2,1H3,(H,17,19);2*1H. The van der Waals surface area contributed by atoms with Gasteiger partial charge in [-0.1, -0.05) is 30.3 Å². The van der Waals surface area contributed by atoms with Gasteiger partial charge < -0.3 is 15.7 Å². The van der Waals surface area contributed by atoms with Crippen LogP contribution in [0.25, 0.3) is 11.3 Å². The third-order valence-electron chi connectivity index (χ3n) is 2.94. The normalized spacial score (nSPS) is 9.55. The summed E-state index contributed by atoms with van der Waals surface area (Å²) in [6.07, 6.45) is 0. The summed E-state index contributed by atoms with van der Waals surface area (Å²) in [5.74, 6) is 0.801. The molecule has 0 saturated heterocycles. The van der Waals surface area contributed by atoms with E-state index in [1.54, 1.807) is 0 Å². The lowest BCUT2D eigenvalue weighted by Crippen LogP contribution is -2.25. The summed E-state index contributed by atoms with van der Waals surface area (Å²) in [7, 11) is 0. The fourth-order valence-electron chi connectivity index (χ4n) is 1.88. The quantitative estimate of drug-likeness (QED) is 0.672. The third-order valence-corrected chi connectivity index (χ3v) is 2.94. The number of anilines is 1. The van der Waals surface area contributed by atoms with Gasteiger partial charge >= 0.3 is 0 Å². The molecule has 0 spiro atoms. The second-order valence-electron chi connectivity index (χ2n) is 4.53. The van der Waals surface area contributed by atoms with Gasteiger partial charge in [-0.05, 0) is 18.6 Å². The van der Waals surface area contributed by atoms with Crippen LogP contribution in [0, 0.1) is 6.92 Å². The Hall–Kier alpha value is -1.40. The first-order chi connectivity index (χ1) is 9.81. The van der Waals surface area contributed by atoms with Gasteiger partial charge in [-0.15, -0.1) is 35.0 Å². The van der Waals surface area contributed by atoms with E-state index in [2.05, 4.69) is 20.8 Å². The minimum atomic E-state index is 0. The molecule has 0 amide bonds. The number of halogens is 2. The van der Waals surface area contributed by atoms with Crippen LogP contribution in [0.15, 0.2) is 36.4 Å². The zero-order valence-electron chi connectivity index (χ0n) is 12.5. The summed E-state index contributed by atoms with van der Waals surface area (Å²) >= 11 is 0. The van der Waals surface area contributed by atoms with Crippen LogP contribution in [-0.2, 0) is 0 Å². The van der Waals surface area contributed by atoms with Crippen LogP contribution < -0.4 is 10.6 Å². The summed E-state index contributed by atoms with van der Waals surface area (Å²) in [5, 5.41) is 23.5. The van der Waals surface area contributed by atoms with Crippen molar-refractivity contribution >= 4 is 30.6 Å². The van der Waals surface area contributed by atoms with E-state index in [9.17, 15) is 0 Å². The van der Waals surface area contributed by atoms with Crippen molar-refractivity contribution in [1.82, 2.24) is 15.5 Å². The van der Waals surface area contributed by atoms with Crippen molar-refractivity contribution in [3.63, 3.8) is 0 Å². The molecule has 0 fully saturated rings. The lowest BCUT2D eigenvalue weighted by molar-refractivity contribution is 0.293. The number of hydrogen-bond donors (Lipinski definition) is 3. The van der Waals surface area contributed by atoms with Gasteiger partial charge in [0.05, 0.1) is 12.3 Å². The highest BCUT2D eigenvalue weighted by Gasteiger charge is 2.04. The Bertz CT molecular complexity index is 540. The van der Waals surface area contributed by atoms with Crippen molar-refractivity contribution in [3.05, 3.63) is 42.0 Å². The van der Waals surface area contributed by atoms with E-state index < -0.39 is 0 Å². The minimum Gasteiger partial charge on any atom is -0.395 e. The second kappa shape index (κ2) is 11.2. The molecule has 2 aromatic rings. The molecule has 0 aliphatic heterocycles. The highest BCUT2D eigenvalue weighted by molar-refractivity contribution is 5.85. The van der Waals surface area contributed by atoms with E-state index in [0.29, 0.717) is 6.54 Å². The van der Waals surface area contributed by atoms with Crippen LogP contribution in [0.1, 0.15) is 5.56 Å². The average Bonchev–Trinajstić information content (AvgIpc) is 2.49. The van der Waals surface area contributed by atoms with Gasteiger partial charge in [-0.3, -0.25) is 0 Å². The van der Waals surface area contributed by atoms with Gasteiger partial charge in [0.1, 0.15) is 0 Å². The van der Waals surface area contributed by atoms with Crippen molar-refractivity contribution in [2.24, 2.45) is 0 Å². The number of rotatable bonds is 7. The van der Waals surface area contributed by atoms with Gasteiger partial charge in [0.2, 0.25) is 0 Å². The first-order valence-electron chi connectivity index (χ1n) is 6.76. The van der Waals surface area contributed by atoms with E-state index >= 15 is 0 Å². The van der Waals surface area contributed by atoms with Crippen LogP contribution in [0.3, 0.4) is 0 Å².